The van der Waals surface area contributed by atoms with Gasteiger partial charge in [-0.2, -0.15) is 0 Å². The molecule has 0 aliphatic carbocycles. The van der Waals surface area contributed by atoms with Gasteiger partial charge in [0.25, 0.3) is 0 Å². The highest BCUT2D eigenvalue weighted by atomic mass is 16.5. The van der Waals surface area contributed by atoms with Crippen LogP contribution in [0.4, 0.5) is 0 Å². The molecular weight excluding hydrogens is 176 g/mol. The van der Waals surface area contributed by atoms with Crippen molar-refractivity contribution in [3.8, 4) is 0 Å². The summed E-state index contributed by atoms with van der Waals surface area (Å²) >= 11 is 0. The normalized spacial score (nSPS) is 14.9. The quantitative estimate of drug-likeness (QED) is 0.589. The fourth-order valence-electron chi connectivity index (χ4n) is 1.48. The van der Waals surface area contributed by atoms with Gasteiger partial charge in [-0.3, -0.25) is 4.79 Å². The molecule has 0 aromatic carbocycles. The van der Waals surface area contributed by atoms with Crippen molar-refractivity contribution >= 4 is 5.97 Å². The van der Waals surface area contributed by atoms with Crippen molar-refractivity contribution in [3.63, 3.8) is 0 Å². The first-order valence-corrected chi connectivity index (χ1v) is 5.77. The van der Waals surface area contributed by atoms with Crippen LogP contribution in [0.3, 0.4) is 0 Å². The summed E-state index contributed by atoms with van der Waals surface area (Å²) in [5.41, 5.74) is 0. The fourth-order valence-corrected chi connectivity index (χ4v) is 1.48. The molecule has 84 valence electrons. The van der Waals surface area contributed by atoms with E-state index in [2.05, 4.69) is 20.8 Å². The lowest BCUT2D eigenvalue weighted by Gasteiger charge is -2.18. The average Bonchev–Trinajstić information content (AvgIpc) is 2.15. The topological polar surface area (TPSA) is 26.3 Å². The van der Waals surface area contributed by atoms with E-state index in [0.29, 0.717) is 24.9 Å². The fraction of sp³-hybridized carbons (Fsp3) is 0.917. The molecule has 2 heteroatoms. The van der Waals surface area contributed by atoms with Gasteiger partial charge in [0, 0.05) is 6.42 Å². The SMILES string of the molecule is CCCOC(=O)CC(C)C(C)CCC. The van der Waals surface area contributed by atoms with Crippen molar-refractivity contribution in [2.75, 3.05) is 6.61 Å². The van der Waals surface area contributed by atoms with Crippen LogP contribution in [0.2, 0.25) is 0 Å². The zero-order valence-electron chi connectivity index (χ0n) is 10.0. The Kier molecular flexibility index (Phi) is 7.54. The maximum atomic E-state index is 11.3. The van der Waals surface area contributed by atoms with E-state index in [1.54, 1.807) is 0 Å². The Morgan fingerprint density at radius 1 is 1.14 bits per heavy atom. The van der Waals surface area contributed by atoms with E-state index in [1.807, 2.05) is 6.92 Å². The smallest absolute Gasteiger partial charge is 0.306 e. The number of ether oxygens (including phenoxy) is 1. The molecule has 0 fully saturated rings. The molecule has 0 aliphatic heterocycles. The molecule has 0 rings (SSSR count). The second-order valence-corrected chi connectivity index (χ2v) is 4.17. The van der Waals surface area contributed by atoms with Crippen LogP contribution in [0.25, 0.3) is 0 Å². The molecule has 0 aromatic heterocycles. The van der Waals surface area contributed by atoms with E-state index in [4.69, 9.17) is 4.74 Å². The van der Waals surface area contributed by atoms with E-state index < -0.39 is 0 Å². The van der Waals surface area contributed by atoms with Crippen LogP contribution in [0.15, 0.2) is 0 Å². The first kappa shape index (κ1) is 13.5. The molecule has 0 heterocycles. The maximum absolute atomic E-state index is 11.3. The molecule has 2 unspecified atom stereocenters. The molecule has 0 aromatic rings. The number of carbonyl (C=O) groups is 1. The molecule has 0 bridgehead atoms. The summed E-state index contributed by atoms with van der Waals surface area (Å²) in [6, 6.07) is 0. The van der Waals surface area contributed by atoms with Crippen molar-refractivity contribution in [1.82, 2.24) is 0 Å². The third kappa shape index (κ3) is 6.01. The highest BCUT2D eigenvalue weighted by Gasteiger charge is 2.15. The summed E-state index contributed by atoms with van der Waals surface area (Å²) < 4.78 is 5.05. The van der Waals surface area contributed by atoms with Gasteiger partial charge in [-0.15, -0.1) is 0 Å². The predicted octanol–water partition coefficient (Wildman–Crippen LogP) is 3.40. The van der Waals surface area contributed by atoms with Crippen molar-refractivity contribution in [1.29, 1.82) is 0 Å². The van der Waals surface area contributed by atoms with Gasteiger partial charge >= 0.3 is 5.97 Å². The molecule has 0 saturated heterocycles. The average molecular weight is 200 g/mol. The van der Waals surface area contributed by atoms with E-state index in [0.717, 1.165) is 6.42 Å². The maximum Gasteiger partial charge on any atom is 0.306 e. The number of carbonyl (C=O) groups excluding carboxylic acids is 1. The van der Waals surface area contributed by atoms with Crippen LogP contribution < -0.4 is 0 Å². The van der Waals surface area contributed by atoms with Gasteiger partial charge in [-0.05, 0) is 18.3 Å². The van der Waals surface area contributed by atoms with Crippen LogP contribution in [0.5, 0.6) is 0 Å². The lowest BCUT2D eigenvalue weighted by molar-refractivity contribution is -0.145. The van der Waals surface area contributed by atoms with Gasteiger partial charge < -0.3 is 4.74 Å². The Hall–Kier alpha value is -0.530. The molecule has 14 heavy (non-hydrogen) atoms. The summed E-state index contributed by atoms with van der Waals surface area (Å²) in [5.74, 6) is 1.02. The third-order valence-electron chi connectivity index (χ3n) is 2.67. The summed E-state index contributed by atoms with van der Waals surface area (Å²) in [4.78, 5) is 11.3. The Balaban J connectivity index is 3.69. The number of rotatable bonds is 7. The Bertz CT molecular complexity index is 154. The zero-order chi connectivity index (χ0) is 11.0. The molecule has 0 aliphatic rings. The zero-order valence-corrected chi connectivity index (χ0v) is 10.0. The van der Waals surface area contributed by atoms with Crippen molar-refractivity contribution in [3.05, 3.63) is 0 Å². The standard InChI is InChI=1S/C12H24O2/c1-5-7-10(3)11(4)9-12(13)14-8-6-2/h10-11H,5-9H2,1-4H3. The summed E-state index contributed by atoms with van der Waals surface area (Å²) in [6.07, 6.45) is 3.86. The Labute approximate surface area is 88.0 Å². The van der Waals surface area contributed by atoms with E-state index >= 15 is 0 Å². The van der Waals surface area contributed by atoms with Gasteiger partial charge in [-0.25, -0.2) is 0 Å². The minimum Gasteiger partial charge on any atom is -0.466 e. The number of hydrogen-bond acceptors (Lipinski definition) is 2. The molecule has 0 amide bonds. The summed E-state index contributed by atoms with van der Waals surface area (Å²) in [5, 5.41) is 0. The largest absolute Gasteiger partial charge is 0.466 e. The van der Waals surface area contributed by atoms with Crippen LogP contribution in [0.1, 0.15) is 53.4 Å². The van der Waals surface area contributed by atoms with Gasteiger partial charge in [0.1, 0.15) is 0 Å². The Morgan fingerprint density at radius 2 is 1.79 bits per heavy atom. The predicted molar refractivity (Wildman–Crippen MR) is 59.1 cm³/mol. The second kappa shape index (κ2) is 7.84. The van der Waals surface area contributed by atoms with Gasteiger partial charge in [0.05, 0.1) is 6.61 Å². The molecular formula is C12H24O2. The summed E-state index contributed by atoms with van der Waals surface area (Å²) in [7, 11) is 0. The van der Waals surface area contributed by atoms with Gasteiger partial charge in [0.15, 0.2) is 0 Å². The van der Waals surface area contributed by atoms with Crippen molar-refractivity contribution in [2.24, 2.45) is 11.8 Å². The number of esters is 1. The van der Waals surface area contributed by atoms with E-state index in [-0.39, 0.29) is 5.97 Å². The third-order valence-corrected chi connectivity index (χ3v) is 2.67. The van der Waals surface area contributed by atoms with Gasteiger partial charge in [-0.1, -0.05) is 40.5 Å². The van der Waals surface area contributed by atoms with E-state index in [1.165, 1.54) is 12.8 Å². The number of hydrogen-bond donors (Lipinski definition) is 0. The Morgan fingerprint density at radius 3 is 2.29 bits per heavy atom. The highest BCUT2D eigenvalue weighted by molar-refractivity contribution is 5.69. The molecule has 0 N–H and O–H groups in total. The lowest BCUT2D eigenvalue weighted by Crippen LogP contribution is -2.15. The highest BCUT2D eigenvalue weighted by Crippen LogP contribution is 2.20. The van der Waals surface area contributed by atoms with Crippen LogP contribution in [0, 0.1) is 11.8 Å². The first-order valence-electron chi connectivity index (χ1n) is 5.77. The lowest BCUT2D eigenvalue weighted by atomic mass is 9.89. The van der Waals surface area contributed by atoms with Crippen LogP contribution in [-0.4, -0.2) is 12.6 Å². The van der Waals surface area contributed by atoms with E-state index in [9.17, 15) is 4.79 Å². The van der Waals surface area contributed by atoms with Crippen LogP contribution >= 0.6 is 0 Å². The van der Waals surface area contributed by atoms with Crippen molar-refractivity contribution < 1.29 is 9.53 Å². The molecule has 0 radical (unpaired) electrons. The summed E-state index contributed by atoms with van der Waals surface area (Å²) in [6.45, 7) is 9.09. The first-order chi connectivity index (χ1) is 6.61. The molecule has 0 spiro atoms. The minimum absolute atomic E-state index is 0.0395. The molecule has 2 atom stereocenters. The molecule has 0 saturated carbocycles. The monoisotopic (exact) mass is 200 g/mol. The second-order valence-electron chi connectivity index (χ2n) is 4.17. The van der Waals surface area contributed by atoms with Crippen molar-refractivity contribution in [2.45, 2.75) is 53.4 Å². The minimum atomic E-state index is -0.0395. The molecule has 2 nitrogen and oxygen atoms in total. The van der Waals surface area contributed by atoms with Crippen LogP contribution in [-0.2, 0) is 9.53 Å². The van der Waals surface area contributed by atoms with Gasteiger partial charge in [0.2, 0.25) is 0 Å².